The van der Waals surface area contributed by atoms with Gasteiger partial charge in [-0.15, -0.1) is 0 Å². The summed E-state index contributed by atoms with van der Waals surface area (Å²) in [6, 6.07) is 12.5. The number of nitrogens with zero attached hydrogens (tertiary/aromatic N) is 1. The minimum atomic E-state index is -4.56. The number of halogens is 3. The number of rotatable bonds is 7. The van der Waals surface area contributed by atoms with E-state index in [1.54, 1.807) is 0 Å². The lowest BCUT2D eigenvalue weighted by molar-refractivity contribution is -0.137. The van der Waals surface area contributed by atoms with Gasteiger partial charge in [0.25, 0.3) is 5.91 Å². The van der Waals surface area contributed by atoms with Crippen LogP contribution in [-0.4, -0.2) is 23.9 Å². The second kappa shape index (κ2) is 8.85. The highest BCUT2D eigenvalue weighted by Crippen LogP contribution is 2.31. The van der Waals surface area contributed by atoms with Crippen LogP contribution >= 0.6 is 0 Å². The molecular weight excluding hydrogens is 341 g/mol. The van der Waals surface area contributed by atoms with E-state index in [-0.39, 0.29) is 12.1 Å². The minimum absolute atomic E-state index is 0.177. The maximum Gasteiger partial charge on any atom is 0.417 e. The third kappa shape index (κ3) is 5.33. The first-order chi connectivity index (χ1) is 12.3. The van der Waals surface area contributed by atoms with Crippen molar-refractivity contribution in [1.29, 1.82) is 0 Å². The summed E-state index contributed by atoms with van der Waals surface area (Å²) in [4.78, 5) is 14.4. The first-order valence-electron chi connectivity index (χ1n) is 8.59. The Morgan fingerprint density at radius 2 is 1.54 bits per heavy atom. The SMILES string of the molecule is CCN(CC)Cc1ccc(CNC(=O)c2ccccc2C(F)(F)F)cc1. The molecule has 0 fully saturated rings. The molecule has 0 spiro atoms. The van der Waals surface area contributed by atoms with Gasteiger partial charge in [-0.3, -0.25) is 9.69 Å². The topological polar surface area (TPSA) is 32.3 Å². The Balaban J connectivity index is 2.00. The van der Waals surface area contributed by atoms with Gasteiger partial charge in [0.15, 0.2) is 0 Å². The van der Waals surface area contributed by atoms with Gasteiger partial charge in [-0.05, 0) is 36.3 Å². The molecule has 2 aromatic carbocycles. The molecule has 0 aromatic heterocycles. The van der Waals surface area contributed by atoms with E-state index < -0.39 is 17.6 Å². The van der Waals surface area contributed by atoms with Crippen molar-refractivity contribution in [2.24, 2.45) is 0 Å². The molecule has 0 heterocycles. The lowest BCUT2D eigenvalue weighted by Gasteiger charge is -2.18. The third-order valence-electron chi connectivity index (χ3n) is 4.25. The van der Waals surface area contributed by atoms with Crippen LogP contribution < -0.4 is 5.32 Å². The molecule has 1 N–H and O–H groups in total. The molecule has 0 unspecified atom stereocenters. The van der Waals surface area contributed by atoms with E-state index in [1.807, 2.05) is 24.3 Å². The first kappa shape index (κ1) is 20.0. The quantitative estimate of drug-likeness (QED) is 0.786. The number of nitrogens with one attached hydrogen (secondary N) is 1. The zero-order valence-corrected chi connectivity index (χ0v) is 14.9. The van der Waals surface area contributed by atoms with E-state index in [4.69, 9.17) is 0 Å². The Labute approximate surface area is 151 Å². The molecule has 0 bridgehead atoms. The summed E-state index contributed by atoms with van der Waals surface area (Å²) in [5.41, 5.74) is 0.711. The summed E-state index contributed by atoms with van der Waals surface area (Å²) < 4.78 is 39.0. The monoisotopic (exact) mass is 364 g/mol. The van der Waals surface area contributed by atoms with Crippen molar-refractivity contribution >= 4 is 5.91 Å². The van der Waals surface area contributed by atoms with Crippen molar-refractivity contribution < 1.29 is 18.0 Å². The Morgan fingerprint density at radius 1 is 0.962 bits per heavy atom. The zero-order valence-electron chi connectivity index (χ0n) is 14.9. The van der Waals surface area contributed by atoms with Gasteiger partial charge in [-0.25, -0.2) is 0 Å². The fourth-order valence-electron chi connectivity index (χ4n) is 2.67. The van der Waals surface area contributed by atoms with Crippen LogP contribution in [0.1, 0.15) is 40.9 Å². The van der Waals surface area contributed by atoms with Gasteiger partial charge in [-0.2, -0.15) is 13.2 Å². The largest absolute Gasteiger partial charge is 0.417 e. The van der Waals surface area contributed by atoms with Crippen molar-refractivity contribution in [3.8, 4) is 0 Å². The van der Waals surface area contributed by atoms with Crippen LogP contribution in [0.5, 0.6) is 0 Å². The predicted octanol–water partition coefficient (Wildman–Crippen LogP) is 4.48. The molecule has 140 valence electrons. The summed E-state index contributed by atoms with van der Waals surface area (Å²) in [6.45, 7) is 7.16. The molecule has 26 heavy (non-hydrogen) atoms. The minimum Gasteiger partial charge on any atom is -0.348 e. The van der Waals surface area contributed by atoms with Crippen molar-refractivity contribution in [2.75, 3.05) is 13.1 Å². The van der Waals surface area contributed by atoms with E-state index in [2.05, 4.69) is 24.1 Å². The van der Waals surface area contributed by atoms with E-state index >= 15 is 0 Å². The molecule has 0 saturated heterocycles. The van der Waals surface area contributed by atoms with Gasteiger partial charge < -0.3 is 5.32 Å². The van der Waals surface area contributed by atoms with Crippen molar-refractivity contribution in [2.45, 2.75) is 33.1 Å². The number of benzene rings is 2. The maximum absolute atomic E-state index is 13.0. The smallest absolute Gasteiger partial charge is 0.348 e. The van der Waals surface area contributed by atoms with Crippen molar-refractivity contribution in [1.82, 2.24) is 10.2 Å². The average molecular weight is 364 g/mol. The summed E-state index contributed by atoms with van der Waals surface area (Å²) in [7, 11) is 0. The second-order valence-corrected chi connectivity index (χ2v) is 6.00. The molecule has 3 nitrogen and oxygen atoms in total. The predicted molar refractivity (Wildman–Crippen MR) is 95.7 cm³/mol. The zero-order chi connectivity index (χ0) is 19.2. The lowest BCUT2D eigenvalue weighted by Crippen LogP contribution is -2.26. The molecule has 0 atom stereocenters. The fraction of sp³-hybridized carbons (Fsp3) is 0.350. The first-order valence-corrected chi connectivity index (χ1v) is 8.59. The van der Waals surface area contributed by atoms with Crippen LogP contribution in [0.25, 0.3) is 0 Å². The van der Waals surface area contributed by atoms with Crippen LogP contribution in [0.15, 0.2) is 48.5 Å². The van der Waals surface area contributed by atoms with Crippen LogP contribution in [0.2, 0.25) is 0 Å². The van der Waals surface area contributed by atoms with Gasteiger partial charge in [-0.1, -0.05) is 50.2 Å². The van der Waals surface area contributed by atoms with Gasteiger partial charge in [0.2, 0.25) is 0 Å². The van der Waals surface area contributed by atoms with Crippen molar-refractivity contribution in [3.63, 3.8) is 0 Å². The molecule has 0 aliphatic carbocycles. The number of amides is 1. The Bertz CT molecular complexity index is 723. The number of alkyl halides is 3. The van der Waals surface area contributed by atoms with Crippen LogP contribution in [-0.2, 0) is 19.3 Å². The standard InChI is InChI=1S/C20H23F3N2O/c1-3-25(4-2)14-16-11-9-15(10-12-16)13-24-19(26)17-7-5-6-8-18(17)20(21,22)23/h5-12H,3-4,13-14H2,1-2H3,(H,24,26). The fourth-order valence-corrected chi connectivity index (χ4v) is 2.67. The summed E-state index contributed by atoms with van der Waals surface area (Å²) in [5.74, 6) is -0.731. The molecule has 0 aliphatic rings. The van der Waals surface area contributed by atoms with E-state index in [1.165, 1.54) is 18.2 Å². The van der Waals surface area contributed by atoms with Crippen LogP contribution in [0, 0.1) is 0 Å². The lowest BCUT2D eigenvalue weighted by atomic mass is 10.1. The van der Waals surface area contributed by atoms with Gasteiger partial charge >= 0.3 is 6.18 Å². The number of carbonyl (C=O) groups is 1. The van der Waals surface area contributed by atoms with Crippen LogP contribution in [0.3, 0.4) is 0 Å². The molecule has 2 rings (SSSR count). The third-order valence-corrected chi connectivity index (χ3v) is 4.25. The van der Waals surface area contributed by atoms with Crippen LogP contribution in [0.4, 0.5) is 13.2 Å². The summed E-state index contributed by atoms with van der Waals surface area (Å²) in [5, 5.41) is 2.56. The van der Waals surface area contributed by atoms with E-state index in [9.17, 15) is 18.0 Å². The Kier molecular flexibility index (Phi) is 6.80. The van der Waals surface area contributed by atoms with Gasteiger partial charge in [0.1, 0.15) is 0 Å². The molecule has 0 radical (unpaired) electrons. The number of carbonyl (C=O) groups excluding carboxylic acids is 1. The summed E-state index contributed by atoms with van der Waals surface area (Å²) >= 11 is 0. The average Bonchev–Trinajstić information content (AvgIpc) is 2.64. The molecule has 0 saturated carbocycles. The van der Waals surface area contributed by atoms with E-state index in [0.717, 1.165) is 36.8 Å². The molecule has 2 aromatic rings. The molecular formula is C20H23F3N2O. The maximum atomic E-state index is 13.0. The van der Waals surface area contributed by atoms with Gasteiger partial charge in [0, 0.05) is 13.1 Å². The number of hydrogen-bond donors (Lipinski definition) is 1. The molecule has 1 amide bonds. The second-order valence-electron chi connectivity index (χ2n) is 6.00. The highest BCUT2D eigenvalue weighted by atomic mass is 19.4. The van der Waals surface area contributed by atoms with Gasteiger partial charge in [0.05, 0.1) is 11.1 Å². The molecule has 6 heteroatoms. The molecule has 0 aliphatic heterocycles. The highest BCUT2D eigenvalue weighted by molar-refractivity contribution is 5.95. The number of hydrogen-bond acceptors (Lipinski definition) is 2. The normalized spacial score (nSPS) is 11.6. The van der Waals surface area contributed by atoms with E-state index in [0.29, 0.717) is 0 Å². The van der Waals surface area contributed by atoms with Crippen molar-refractivity contribution in [3.05, 3.63) is 70.8 Å². The highest BCUT2D eigenvalue weighted by Gasteiger charge is 2.34. The summed E-state index contributed by atoms with van der Waals surface area (Å²) in [6.07, 6.45) is -4.56. The Morgan fingerprint density at radius 3 is 2.12 bits per heavy atom. The Hall–Kier alpha value is -2.34.